The van der Waals surface area contributed by atoms with E-state index in [1.807, 2.05) is 48.5 Å². The van der Waals surface area contributed by atoms with Crippen molar-refractivity contribution in [2.75, 3.05) is 19.5 Å². The summed E-state index contributed by atoms with van der Waals surface area (Å²) in [5.41, 5.74) is 3.20. The fourth-order valence-electron chi connectivity index (χ4n) is 5.11. The van der Waals surface area contributed by atoms with E-state index in [-0.39, 0.29) is 29.7 Å². The number of aromatic nitrogens is 1. The highest BCUT2D eigenvalue weighted by molar-refractivity contribution is 6.02. The van der Waals surface area contributed by atoms with Crippen molar-refractivity contribution >= 4 is 46.3 Å². The highest BCUT2D eigenvalue weighted by Gasteiger charge is 2.27. The third kappa shape index (κ3) is 8.85. The Morgan fingerprint density at radius 2 is 1.45 bits per heavy atom. The van der Waals surface area contributed by atoms with E-state index < -0.39 is 41.8 Å². The number of aryl methyl sites for hydroxylation is 1. The highest BCUT2D eigenvalue weighted by Crippen LogP contribution is 2.22. The van der Waals surface area contributed by atoms with Crippen molar-refractivity contribution in [2.24, 2.45) is 0 Å². The monoisotopic (exact) mass is 640 g/mol. The van der Waals surface area contributed by atoms with Crippen LogP contribution in [-0.2, 0) is 36.7 Å². The number of anilines is 1. The molecular formula is C35H36N4O8. The molecule has 1 heterocycles. The molecule has 2 unspecified atom stereocenters. The van der Waals surface area contributed by atoms with Crippen LogP contribution in [0.4, 0.5) is 5.69 Å². The lowest BCUT2D eigenvalue weighted by molar-refractivity contribution is -0.143. The molecule has 47 heavy (non-hydrogen) atoms. The first-order valence-electron chi connectivity index (χ1n) is 14.7. The summed E-state index contributed by atoms with van der Waals surface area (Å²) >= 11 is 0. The quantitative estimate of drug-likeness (QED) is 0.117. The maximum absolute atomic E-state index is 13.5. The number of fused-ring (bicyclic) bond motifs is 1. The van der Waals surface area contributed by atoms with Gasteiger partial charge in [-0.15, -0.1) is 0 Å². The smallest absolute Gasteiger partial charge is 0.328 e. The molecule has 2 atom stereocenters. The number of amides is 2. The molecule has 12 nitrogen and oxygen atoms in total. The van der Waals surface area contributed by atoms with Crippen molar-refractivity contribution < 1.29 is 38.2 Å². The normalized spacial score (nSPS) is 11.9. The van der Waals surface area contributed by atoms with Crippen LogP contribution in [0.3, 0.4) is 0 Å². The second kappa shape index (κ2) is 15.9. The molecule has 0 saturated carbocycles. The molecule has 4 rings (SSSR count). The van der Waals surface area contributed by atoms with Crippen LogP contribution in [0, 0.1) is 0 Å². The SMILES string of the molecule is C=CNc1ccccc1CCC(NC(=O)c1cc(OC(C)=O)cc(C(=O)NC(Cc2c[nH]c3ccccc23)C(=O)OC)c1)C(=O)OC. The van der Waals surface area contributed by atoms with Gasteiger partial charge in [0.1, 0.15) is 17.8 Å². The number of para-hydroxylation sites is 2. The molecule has 244 valence electrons. The van der Waals surface area contributed by atoms with E-state index >= 15 is 0 Å². The minimum Gasteiger partial charge on any atom is -0.467 e. The maximum Gasteiger partial charge on any atom is 0.328 e. The van der Waals surface area contributed by atoms with Gasteiger partial charge in [-0.05, 0) is 60.5 Å². The largest absolute Gasteiger partial charge is 0.467 e. The molecule has 0 saturated heterocycles. The zero-order valence-corrected chi connectivity index (χ0v) is 26.3. The van der Waals surface area contributed by atoms with Crippen LogP contribution in [0.15, 0.2) is 85.7 Å². The summed E-state index contributed by atoms with van der Waals surface area (Å²) in [4.78, 5) is 67.4. The molecule has 0 fully saturated rings. The third-order valence-electron chi connectivity index (χ3n) is 7.35. The maximum atomic E-state index is 13.5. The lowest BCUT2D eigenvalue weighted by Gasteiger charge is -2.19. The van der Waals surface area contributed by atoms with Gasteiger partial charge in [0, 0.05) is 47.3 Å². The molecule has 2 amide bonds. The number of aromatic amines is 1. The van der Waals surface area contributed by atoms with Gasteiger partial charge in [0.25, 0.3) is 11.8 Å². The predicted octanol–water partition coefficient (Wildman–Crippen LogP) is 4.07. The Hall–Kier alpha value is -5.91. The fourth-order valence-corrected chi connectivity index (χ4v) is 5.11. The highest BCUT2D eigenvalue weighted by atomic mass is 16.5. The van der Waals surface area contributed by atoms with Crippen LogP contribution in [0.25, 0.3) is 10.9 Å². The molecule has 12 heteroatoms. The molecule has 0 spiro atoms. The molecule has 3 aromatic carbocycles. The molecule has 4 N–H and O–H groups in total. The standard InChI is InChI=1S/C35H36N4O8/c1-5-36-28-12-8-6-10-22(28)14-15-30(34(43)45-3)38-32(41)23-16-24(18-26(17-23)47-21(2)40)33(42)39-31(35(44)46-4)19-25-20-37-29-13-9-7-11-27(25)29/h5-13,16-18,20,30-31,36-37H,1,14-15,19H2,2-4H3,(H,38,41)(H,39,42). The van der Waals surface area contributed by atoms with Gasteiger partial charge >= 0.3 is 17.9 Å². The minimum absolute atomic E-state index is 0.0669. The zero-order chi connectivity index (χ0) is 33.9. The van der Waals surface area contributed by atoms with E-state index in [1.165, 1.54) is 45.5 Å². The van der Waals surface area contributed by atoms with Crippen molar-refractivity contribution in [3.63, 3.8) is 0 Å². The molecule has 4 aromatic rings. The Labute approximate surface area is 271 Å². The lowest BCUT2D eigenvalue weighted by atomic mass is 10.0. The van der Waals surface area contributed by atoms with Crippen LogP contribution in [-0.4, -0.2) is 61.0 Å². The van der Waals surface area contributed by atoms with E-state index in [1.54, 1.807) is 6.20 Å². The number of nitrogens with one attached hydrogen (secondary N) is 4. The topological polar surface area (TPSA) is 165 Å². The summed E-state index contributed by atoms with van der Waals surface area (Å²) in [6, 6.07) is 16.7. The molecule has 0 aliphatic heterocycles. The van der Waals surface area contributed by atoms with Crippen molar-refractivity contribution in [2.45, 2.75) is 38.3 Å². The predicted molar refractivity (Wildman–Crippen MR) is 175 cm³/mol. The van der Waals surface area contributed by atoms with Gasteiger partial charge in [-0.25, -0.2) is 9.59 Å². The Balaban J connectivity index is 1.57. The number of carbonyl (C=O) groups excluding carboxylic acids is 5. The first-order valence-corrected chi connectivity index (χ1v) is 14.7. The number of H-pyrrole nitrogens is 1. The van der Waals surface area contributed by atoms with Crippen LogP contribution in [0.5, 0.6) is 5.75 Å². The fraction of sp³-hybridized carbons (Fsp3) is 0.229. The summed E-state index contributed by atoms with van der Waals surface area (Å²) in [5, 5.41) is 9.26. The average molecular weight is 641 g/mol. The second-order valence-corrected chi connectivity index (χ2v) is 10.5. The molecule has 0 aliphatic carbocycles. The summed E-state index contributed by atoms with van der Waals surface area (Å²) in [7, 11) is 2.43. The number of hydrogen-bond acceptors (Lipinski definition) is 9. The van der Waals surface area contributed by atoms with Crippen LogP contribution >= 0.6 is 0 Å². The van der Waals surface area contributed by atoms with Crippen molar-refractivity contribution in [1.82, 2.24) is 15.6 Å². The Morgan fingerprint density at radius 3 is 2.11 bits per heavy atom. The van der Waals surface area contributed by atoms with E-state index in [2.05, 4.69) is 27.5 Å². The summed E-state index contributed by atoms with van der Waals surface area (Å²) in [6.45, 7) is 4.85. The average Bonchev–Trinajstić information content (AvgIpc) is 3.48. The lowest BCUT2D eigenvalue weighted by Crippen LogP contribution is -2.43. The van der Waals surface area contributed by atoms with Gasteiger partial charge in [-0.3, -0.25) is 14.4 Å². The van der Waals surface area contributed by atoms with Crippen molar-refractivity contribution in [3.8, 4) is 5.75 Å². The Kier molecular flexibility index (Phi) is 11.5. The van der Waals surface area contributed by atoms with Gasteiger partial charge in [0.15, 0.2) is 0 Å². The number of rotatable bonds is 14. The van der Waals surface area contributed by atoms with Crippen LogP contribution in [0.2, 0.25) is 0 Å². The minimum atomic E-state index is -1.08. The number of methoxy groups -OCH3 is 2. The summed E-state index contributed by atoms with van der Waals surface area (Å²) in [6.07, 6.45) is 4.01. The van der Waals surface area contributed by atoms with E-state index in [0.29, 0.717) is 6.42 Å². The Morgan fingerprint density at radius 1 is 0.830 bits per heavy atom. The molecule has 0 bridgehead atoms. The van der Waals surface area contributed by atoms with Gasteiger partial charge in [-0.2, -0.15) is 0 Å². The van der Waals surface area contributed by atoms with Gasteiger partial charge in [0.05, 0.1) is 14.2 Å². The number of hydrogen-bond donors (Lipinski definition) is 4. The molecule has 0 radical (unpaired) electrons. The number of carbonyl (C=O) groups is 5. The first-order chi connectivity index (χ1) is 22.6. The number of ether oxygens (including phenoxy) is 3. The van der Waals surface area contributed by atoms with Crippen LogP contribution < -0.4 is 20.7 Å². The van der Waals surface area contributed by atoms with E-state index in [9.17, 15) is 24.0 Å². The van der Waals surface area contributed by atoms with Gasteiger partial charge in [0.2, 0.25) is 0 Å². The molecular weight excluding hydrogens is 604 g/mol. The number of esters is 3. The van der Waals surface area contributed by atoms with Crippen LogP contribution in [0.1, 0.15) is 45.2 Å². The number of benzene rings is 3. The molecule has 0 aliphatic rings. The van der Waals surface area contributed by atoms with Gasteiger partial charge in [-0.1, -0.05) is 43.0 Å². The second-order valence-electron chi connectivity index (χ2n) is 10.5. The summed E-state index contributed by atoms with van der Waals surface area (Å²) in [5.74, 6) is -3.55. The van der Waals surface area contributed by atoms with Crippen molar-refractivity contribution in [1.29, 1.82) is 0 Å². The first kappa shape index (κ1) is 34.0. The van der Waals surface area contributed by atoms with Gasteiger partial charge < -0.3 is 35.1 Å². The summed E-state index contributed by atoms with van der Waals surface area (Å²) < 4.78 is 15.1. The third-order valence-corrected chi connectivity index (χ3v) is 7.35. The van der Waals surface area contributed by atoms with Crippen molar-refractivity contribution in [3.05, 3.63) is 108 Å². The van der Waals surface area contributed by atoms with E-state index in [0.717, 1.165) is 27.7 Å². The molecule has 1 aromatic heterocycles. The van der Waals surface area contributed by atoms with E-state index in [4.69, 9.17) is 14.2 Å². The zero-order valence-electron chi connectivity index (χ0n) is 26.3. The Bertz CT molecular complexity index is 1800.